The van der Waals surface area contributed by atoms with Gasteiger partial charge in [0, 0.05) is 16.5 Å². The molecule has 0 saturated heterocycles. The minimum Gasteiger partial charge on any atom is -0.207 e. The molecule has 0 spiro atoms. The van der Waals surface area contributed by atoms with Gasteiger partial charge in [0.05, 0.1) is 0 Å². The third-order valence-electron chi connectivity index (χ3n) is 5.34. The molecule has 30 heavy (non-hydrogen) atoms. The van der Waals surface area contributed by atoms with E-state index in [0.717, 1.165) is 28.5 Å². The Morgan fingerprint density at radius 3 is 2.07 bits per heavy atom. The third-order valence-corrected chi connectivity index (χ3v) is 5.34. The second kappa shape index (κ2) is 8.93. The van der Waals surface area contributed by atoms with Crippen molar-refractivity contribution < 1.29 is 8.78 Å². The van der Waals surface area contributed by atoms with Crippen LogP contribution in [0.25, 0.3) is 10.8 Å². The lowest BCUT2D eigenvalue weighted by Gasteiger charge is -2.08. The molecule has 0 radical (unpaired) electrons. The van der Waals surface area contributed by atoms with Gasteiger partial charge in [-0.05, 0) is 77.7 Å². The van der Waals surface area contributed by atoms with E-state index >= 15 is 0 Å². The molecule has 0 atom stereocenters. The third kappa shape index (κ3) is 4.58. The summed E-state index contributed by atoms with van der Waals surface area (Å²) in [6.07, 6.45) is 2.25. The Bertz CT molecular complexity index is 1220. The van der Waals surface area contributed by atoms with Gasteiger partial charge in [0.1, 0.15) is 11.6 Å². The Kier molecular flexibility index (Phi) is 5.91. The molecule has 0 aliphatic heterocycles. The molecule has 4 aromatic carbocycles. The average molecular weight is 396 g/mol. The number of fused-ring (bicyclic) bond motifs is 1. The number of hydrogen-bond acceptors (Lipinski definition) is 0. The minimum absolute atomic E-state index is 0.190. The molecule has 0 amide bonds. The molecule has 0 unspecified atom stereocenters. The van der Waals surface area contributed by atoms with Crippen molar-refractivity contribution in [2.75, 3.05) is 0 Å². The van der Waals surface area contributed by atoms with Crippen molar-refractivity contribution >= 4 is 10.8 Å². The van der Waals surface area contributed by atoms with Gasteiger partial charge in [0.25, 0.3) is 0 Å². The van der Waals surface area contributed by atoms with E-state index in [9.17, 15) is 8.78 Å². The van der Waals surface area contributed by atoms with Crippen LogP contribution in [-0.2, 0) is 19.3 Å². The first-order valence-electron chi connectivity index (χ1n) is 10.2. The summed E-state index contributed by atoms with van der Waals surface area (Å²) in [7, 11) is 0. The molecule has 0 nitrogen and oxygen atoms in total. The van der Waals surface area contributed by atoms with E-state index in [2.05, 4.69) is 30.9 Å². The summed E-state index contributed by atoms with van der Waals surface area (Å²) in [6.45, 7) is 2.13. The number of halogens is 2. The lowest BCUT2D eigenvalue weighted by Crippen LogP contribution is -1.96. The van der Waals surface area contributed by atoms with E-state index in [-0.39, 0.29) is 11.6 Å². The molecule has 0 bridgehead atoms. The van der Waals surface area contributed by atoms with Gasteiger partial charge in [-0.25, -0.2) is 8.78 Å². The Morgan fingerprint density at radius 1 is 0.667 bits per heavy atom. The number of benzene rings is 4. The van der Waals surface area contributed by atoms with E-state index in [1.54, 1.807) is 18.2 Å². The first-order chi connectivity index (χ1) is 14.6. The first-order valence-corrected chi connectivity index (χ1v) is 10.2. The molecule has 0 saturated carbocycles. The summed E-state index contributed by atoms with van der Waals surface area (Å²) in [4.78, 5) is 0. The van der Waals surface area contributed by atoms with Gasteiger partial charge < -0.3 is 0 Å². The van der Waals surface area contributed by atoms with Crippen LogP contribution in [0.5, 0.6) is 0 Å². The maximum absolute atomic E-state index is 15.0. The van der Waals surface area contributed by atoms with Crippen LogP contribution in [0.4, 0.5) is 8.78 Å². The van der Waals surface area contributed by atoms with Gasteiger partial charge in [-0.3, -0.25) is 0 Å². The van der Waals surface area contributed by atoms with E-state index in [0.29, 0.717) is 23.8 Å². The Morgan fingerprint density at radius 2 is 1.33 bits per heavy atom. The van der Waals surface area contributed by atoms with Crippen molar-refractivity contribution in [1.82, 2.24) is 0 Å². The van der Waals surface area contributed by atoms with Gasteiger partial charge in [-0.2, -0.15) is 0 Å². The highest BCUT2D eigenvalue weighted by Gasteiger charge is 2.08. The summed E-state index contributed by atoms with van der Waals surface area (Å²) in [5, 5.41) is 1.44. The molecule has 0 aromatic heterocycles. The normalized spacial score (nSPS) is 10.6. The zero-order valence-electron chi connectivity index (χ0n) is 16.9. The van der Waals surface area contributed by atoms with Crippen molar-refractivity contribution in [3.8, 4) is 11.8 Å². The van der Waals surface area contributed by atoms with Crippen molar-refractivity contribution in [2.24, 2.45) is 0 Å². The minimum atomic E-state index is -0.257. The molecule has 0 N–H and O–H groups in total. The summed E-state index contributed by atoms with van der Waals surface area (Å²) >= 11 is 0. The summed E-state index contributed by atoms with van der Waals surface area (Å²) in [5.74, 6) is 5.90. The van der Waals surface area contributed by atoms with Crippen LogP contribution < -0.4 is 0 Å². The molecule has 148 valence electrons. The lowest BCUT2D eigenvalue weighted by molar-refractivity contribution is 0.619. The molecule has 0 aliphatic rings. The predicted octanol–water partition coefficient (Wildman–Crippen LogP) is 6.87. The van der Waals surface area contributed by atoms with Crippen LogP contribution in [0.2, 0.25) is 0 Å². The summed E-state index contributed by atoms with van der Waals surface area (Å²) in [6, 6.07) is 24.0. The van der Waals surface area contributed by atoms with Crippen LogP contribution in [0.15, 0.2) is 78.9 Å². The van der Waals surface area contributed by atoms with Gasteiger partial charge in [0.2, 0.25) is 0 Å². The fraction of sp³-hybridized carbons (Fsp3) is 0.143. The molecule has 2 heteroatoms. The number of aryl methyl sites for hydroxylation is 3. The summed E-state index contributed by atoms with van der Waals surface area (Å²) < 4.78 is 28.0. The highest BCUT2D eigenvalue weighted by Crippen LogP contribution is 2.23. The average Bonchev–Trinajstić information content (AvgIpc) is 2.78. The molecule has 0 heterocycles. The molecule has 4 aromatic rings. The largest absolute Gasteiger partial charge is 0.207 e. The fourth-order valence-corrected chi connectivity index (χ4v) is 3.51. The predicted molar refractivity (Wildman–Crippen MR) is 120 cm³/mol. The molecular formula is C28H22F2. The van der Waals surface area contributed by atoms with Gasteiger partial charge in [-0.1, -0.05) is 61.2 Å². The zero-order chi connectivity index (χ0) is 20.9. The Hall–Kier alpha value is -3.44. The van der Waals surface area contributed by atoms with E-state index in [1.165, 1.54) is 17.7 Å². The number of rotatable bonds is 4. The van der Waals surface area contributed by atoms with Crippen molar-refractivity contribution in [3.63, 3.8) is 0 Å². The molecule has 0 aliphatic carbocycles. The van der Waals surface area contributed by atoms with Gasteiger partial charge >= 0.3 is 0 Å². The highest BCUT2D eigenvalue weighted by molar-refractivity contribution is 5.85. The fourth-order valence-electron chi connectivity index (χ4n) is 3.51. The standard InChI is InChI=1S/C28H22F2/c1-2-20-3-5-21(6-4-20)7-8-23-12-18-27-25(19-23)15-14-24(28(27)30)13-9-22-10-16-26(29)17-11-22/h3-6,10-12,14-19H,2,9,13H2,1H3. The monoisotopic (exact) mass is 396 g/mol. The van der Waals surface area contributed by atoms with Crippen LogP contribution in [0, 0.1) is 23.5 Å². The van der Waals surface area contributed by atoms with Crippen molar-refractivity contribution in [1.29, 1.82) is 0 Å². The summed E-state index contributed by atoms with van der Waals surface area (Å²) in [5.41, 5.74) is 4.78. The topological polar surface area (TPSA) is 0 Å². The van der Waals surface area contributed by atoms with E-state index in [1.807, 2.05) is 36.4 Å². The molecular weight excluding hydrogens is 374 g/mol. The first kappa shape index (κ1) is 19.9. The van der Waals surface area contributed by atoms with Crippen LogP contribution in [-0.4, -0.2) is 0 Å². The molecule has 4 rings (SSSR count). The second-order valence-electron chi connectivity index (χ2n) is 7.40. The number of hydrogen-bond donors (Lipinski definition) is 0. The van der Waals surface area contributed by atoms with Gasteiger partial charge in [-0.15, -0.1) is 0 Å². The molecule has 0 fully saturated rings. The highest BCUT2D eigenvalue weighted by atomic mass is 19.1. The van der Waals surface area contributed by atoms with Crippen LogP contribution in [0.1, 0.15) is 34.7 Å². The lowest BCUT2D eigenvalue weighted by atomic mass is 9.99. The second-order valence-corrected chi connectivity index (χ2v) is 7.40. The van der Waals surface area contributed by atoms with Crippen molar-refractivity contribution in [3.05, 3.63) is 118 Å². The maximum Gasteiger partial charge on any atom is 0.134 e. The Balaban J connectivity index is 1.53. The maximum atomic E-state index is 15.0. The van der Waals surface area contributed by atoms with E-state index < -0.39 is 0 Å². The van der Waals surface area contributed by atoms with Crippen LogP contribution >= 0.6 is 0 Å². The SMILES string of the molecule is CCc1ccc(C#Cc2ccc3c(F)c(CCc4ccc(F)cc4)ccc3c2)cc1. The Labute approximate surface area is 176 Å². The smallest absolute Gasteiger partial charge is 0.134 e. The van der Waals surface area contributed by atoms with Crippen LogP contribution in [0.3, 0.4) is 0 Å². The van der Waals surface area contributed by atoms with E-state index in [4.69, 9.17) is 0 Å². The quantitative estimate of drug-likeness (QED) is 0.330. The van der Waals surface area contributed by atoms with Gasteiger partial charge in [0.15, 0.2) is 0 Å². The zero-order valence-corrected chi connectivity index (χ0v) is 16.9. The van der Waals surface area contributed by atoms with Crippen molar-refractivity contribution in [2.45, 2.75) is 26.2 Å².